The number of hydrogen-bond acceptors (Lipinski definition) is 5. The highest BCUT2D eigenvalue weighted by molar-refractivity contribution is 7.11. The van der Waals surface area contributed by atoms with Crippen molar-refractivity contribution in [2.45, 2.75) is 46.3 Å². The normalized spacial score (nSPS) is 11.4. The van der Waals surface area contributed by atoms with Gasteiger partial charge in [-0.3, -0.25) is 0 Å². The van der Waals surface area contributed by atoms with Crippen LogP contribution in [-0.4, -0.2) is 41.7 Å². The number of nitrogens with one attached hydrogen (secondary N) is 1. The van der Waals surface area contributed by atoms with E-state index in [1.165, 1.54) is 4.88 Å². The van der Waals surface area contributed by atoms with E-state index in [0.717, 1.165) is 24.5 Å². The predicted octanol–water partition coefficient (Wildman–Crippen LogP) is 2.66. The fraction of sp³-hybridized carbons (Fsp3) is 0.714. The van der Waals surface area contributed by atoms with Gasteiger partial charge in [-0.25, -0.2) is 9.78 Å². The molecular weight excluding hydrogens is 274 g/mol. The minimum atomic E-state index is -0.446. The van der Waals surface area contributed by atoms with Gasteiger partial charge in [0.1, 0.15) is 5.60 Å². The molecule has 0 aliphatic heterocycles. The molecule has 1 rings (SSSR count). The number of likely N-dealkylation sites (N-methyl/N-ethyl adjacent to an activating group) is 1. The number of thiazole rings is 1. The Hall–Kier alpha value is -1.14. The highest BCUT2D eigenvalue weighted by Crippen LogP contribution is 2.12. The Kier molecular flexibility index (Phi) is 6.42. The van der Waals surface area contributed by atoms with Crippen LogP contribution in [0.1, 0.15) is 37.6 Å². The third-order valence-corrected chi connectivity index (χ3v) is 3.67. The number of hydrogen-bond donors (Lipinski definition) is 1. The number of ether oxygens (including phenoxy) is 1. The van der Waals surface area contributed by atoms with Crippen LogP contribution in [-0.2, 0) is 17.7 Å². The second-order valence-electron chi connectivity index (χ2n) is 5.65. The minimum absolute atomic E-state index is 0.287. The summed E-state index contributed by atoms with van der Waals surface area (Å²) in [5.41, 5.74) is -0.446. The van der Waals surface area contributed by atoms with Crippen LogP contribution in [0, 0.1) is 0 Å². The SMILES string of the molecule is CCc1ncc(CNCCN(C)C(=O)OC(C)(C)C)s1. The third kappa shape index (κ3) is 6.34. The van der Waals surface area contributed by atoms with Crippen molar-refractivity contribution in [2.75, 3.05) is 20.1 Å². The van der Waals surface area contributed by atoms with Gasteiger partial charge >= 0.3 is 6.09 Å². The number of carbonyl (C=O) groups is 1. The van der Waals surface area contributed by atoms with E-state index in [9.17, 15) is 4.79 Å². The van der Waals surface area contributed by atoms with Crippen LogP contribution in [0.5, 0.6) is 0 Å². The van der Waals surface area contributed by atoms with Gasteiger partial charge in [-0.2, -0.15) is 0 Å². The van der Waals surface area contributed by atoms with Gasteiger partial charge in [0.05, 0.1) is 5.01 Å². The summed E-state index contributed by atoms with van der Waals surface area (Å²) < 4.78 is 5.28. The summed E-state index contributed by atoms with van der Waals surface area (Å²) in [4.78, 5) is 18.9. The molecule has 20 heavy (non-hydrogen) atoms. The maximum absolute atomic E-state index is 11.7. The number of aromatic nitrogens is 1. The van der Waals surface area contributed by atoms with Crippen molar-refractivity contribution in [3.05, 3.63) is 16.1 Å². The van der Waals surface area contributed by atoms with E-state index >= 15 is 0 Å². The molecule has 0 aromatic carbocycles. The zero-order chi connectivity index (χ0) is 15.2. The van der Waals surface area contributed by atoms with E-state index in [2.05, 4.69) is 17.2 Å². The van der Waals surface area contributed by atoms with E-state index in [0.29, 0.717) is 6.54 Å². The number of rotatable bonds is 6. The minimum Gasteiger partial charge on any atom is -0.444 e. The van der Waals surface area contributed by atoms with Crippen molar-refractivity contribution in [1.82, 2.24) is 15.2 Å². The van der Waals surface area contributed by atoms with E-state index in [4.69, 9.17) is 4.74 Å². The topological polar surface area (TPSA) is 54.5 Å². The van der Waals surface area contributed by atoms with E-state index in [1.807, 2.05) is 27.0 Å². The van der Waals surface area contributed by atoms with E-state index < -0.39 is 5.60 Å². The molecular formula is C14H25N3O2S. The fourth-order valence-electron chi connectivity index (χ4n) is 1.48. The summed E-state index contributed by atoms with van der Waals surface area (Å²) in [7, 11) is 1.75. The van der Waals surface area contributed by atoms with Crippen molar-refractivity contribution >= 4 is 17.4 Å². The summed E-state index contributed by atoms with van der Waals surface area (Å²) in [6.45, 7) is 9.85. The second kappa shape index (κ2) is 7.59. The van der Waals surface area contributed by atoms with Gasteiger partial charge in [0.15, 0.2) is 0 Å². The van der Waals surface area contributed by atoms with Gasteiger partial charge in [-0.15, -0.1) is 11.3 Å². The van der Waals surface area contributed by atoms with Crippen molar-refractivity contribution in [3.63, 3.8) is 0 Å². The molecule has 1 aromatic rings. The molecule has 1 amide bonds. The molecule has 0 atom stereocenters. The highest BCUT2D eigenvalue weighted by Gasteiger charge is 2.18. The standard InChI is InChI=1S/C14H25N3O2S/c1-6-12-16-10-11(20-12)9-15-7-8-17(5)13(18)19-14(2,3)4/h10,15H,6-9H2,1-5H3. The summed E-state index contributed by atoms with van der Waals surface area (Å²) in [6, 6.07) is 0. The van der Waals surface area contributed by atoms with Crippen molar-refractivity contribution in [3.8, 4) is 0 Å². The lowest BCUT2D eigenvalue weighted by atomic mass is 10.2. The molecule has 6 heteroatoms. The molecule has 1 heterocycles. The summed E-state index contributed by atoms with van der Waals surface area (Å²) >= 11 is 1.73. The molecule has 0 unspecified atom stereocenters. The molecule has 1 aromatic heterocycles. The van der Waals surface area contributed by atoms with Gasteiger partial charge in [-0.1, -0.05) is 6.92 Å². The second-order valence-corrected chi connectivity index (χ2v) is 6.85. The summed E-state index contributed by atoms with van der Waals surface area (Å²) in [5.74, 6) is 0. The predicted molar refractivity (Wildman–Crippen MR) is 82.1 cm³/mol. The fourth-order valence-corrected chi connectivity index (χ4v) is 2.31. The molecule has 0 spiro atoms. The molecule has 1 N–H and O–H groups in total. The van der Waals surface area contributed by atoms with Crippen LogP contribution in [0.3, 0.4) is 0 Å². The molecule has 114 valence electrons. The van der Waals surface area contributed by atoms with E-state index in [-0.39, 0.29) is 6.09 Å². The average Bonchev–Trinajstić information content (AvgIpc) is 2.80. The molecule has 0 aliphatic rings. The Balaban J connectivity index is 2.21. The third-order valence-electron chi connectivity index (χ3n) is 2.53. The lowest BCUT2D eigenvalue weighted by Crippen LogP contribution is -2.37. The maximum atomic E-state index is 11.7. The first-order valence-corrected chi connectivity index (χ1v) is 7.72. The summed E-state index contributed by atoms with van der Waals surface area (Å²) in [5, 5.41) is 4.47. The van der Waals surface area contributed by atoms with Crippen LogP contribution < -0.4 is 5.32 Å². The van der Waals surface area contributed by atoms with Crippen molar-refractivity contribution < 1.29 is 9.53 Å². The van der Waals surface area contributed by atoms with Crippen LogP contribution in [0.15, 0.2) is 6.20 Å². The number of carbonyl (C=O) groups excluding carboxylic acids is 1. The summed E-state index contributed by atoms with van der Waals surface area (Å²) in [6.07, 6.45) is 2.60. The first-order valence-electron chi connectivity index (χ1n) is 6.90. The Morgan fingerprint density at radius 3 is 2.75 bits per heavy atom. The van der Waals surface area contributed by atoms with Gasteiger partial charge in [0.25, 0.3) is 0 Å². The molecule has 0 bridgehead atoms. The zero-order valence-electron chi connectivity index (χ0n) is 13.0. The average molecular weight is 299 g/mol. The first kappa shape index (κ1) is 16.9. The van der Waals surface area contributed by atoms with Gasteiger partial charge in [0.2, 0.25) is 0 Å². The van der Waals surface area contributed by atoms with Gasteiger partial charge in [-0.05, 0) is 27.2 Å². The lowest BCUT2D eigenvalue weighted by Gasteiger charge is -2.24. The van der Waals surface area contributed by atoms with Crippen molar-refractivity contribution in [2.24, 2.45) is 0 Å². The Labute approximate surface area is 125 Å². The Morgan fingerprint density at radius 2 is 2.20 bits per heavy atom. The highest BCUT2D eigenvalue weighted by atomic mass is 32.1. The smallest absolute Gasteiger partial charge is 0.410 e. The molecule has 0 radical (unpaired) electrons. The number of aryl methyl sites for hydroxylation is 1. The van der Waals surface area contributed by atoms with Crippen LogP contribution in [0.4, 0.5) is 4.79 Å². The van der Waals surface area contributed by atoms with Gasteiger partial charge in [0, 0.05) is 37.8 Å². The van der Waals surface area contributed by atoms with Crippen molar-refractivity contribution in [1.29, 1.82) is 0 Å². The zero-order valence-corrected chi connectivity index (χ0v) is 13.8. The molecule has 0 saturated carbocycles. The largest absolute Gasteiger partial charge is 0.444 e. The van der Waals surface area contributed by atoms with Gasteiger partial charge < -0.3 is 15.0 Å². The lowest BCUT2D eigenvalue weighted by molar-refractivity contribution is 0.0300. The Morgan fingerprint density at radius 1 is 1.50 bits per heavy atom. The quantitative estimate of drug-likeness (QED) is 0.821. The first-order chi connectivity index (χ1) is 9.31. The molecule has 0 saturated heterocycles. The molecule has 0 fully saturated rings. The molecule has 5 nitrogen and oxygen atoms in total. The van der Waals surface area contributed by atoms with E-state index in [1.54, 1.807) is 23.3 Å². The Bertz CT molecular complexity index is 426. The monoisotopic (exact) mass is 299 g/mol. The van der Waals surface area contributed by atoms with Crippen LogP contribution in [0.25, 0.3) is 0 Å². The van der Waals surface area contributed by atoms with Crippen LogP contribution >= 0.6 is 11.3 Å². The number of amides is 1. The maximum Gasteiger partial charge on any atom is 0.410 e. The number of nitrogens with zero attached hydrogens (tertiary/aromatic N) is 2. The molecule has 0 aliphatic carbocycles. The van der Waals surface area contributed by atoms with Crippen LogP contribution in [0.2, 0.25) is 0 Å².